The predicted octanol–water partition coefficient (Wildman–Crippen LogP) is 2.71. The van der Waals surface area contributed by atoms with Gasteiger partial charge in [-0.25, -0.2) is 13.5 Å². The summed E-state index contributed by atoms with van der Waals surface area (Å²) in [5.41, 5.74) is 0.662. The summed E-state index contributed by atoms with van der Waals surface area (Å²) in [5, 5.41) is 8.62. The van der Waals surface area contributed by atoms with Gasteiger partial charge in [-0.05, 0) is 49.9 Å². The summed E-state index contributed by atoms with van der Waals surface area (Å²) in [6.45, 7) is 6.37. The number of unbranched alkanes of at least 4 members (excludes halogenated alkanes) is 4. The summed E-state index contributed by atoms with van der Waals surface area (Å²) in [6, 6.07) is 6.08. The molecule has 1 aromatic carbocycles. The van der Waals surface area contributed by atoms with Crippen molar-refractivity contribution in [1.82, 2.24) is 4.57 Å². The van der Waals surface area contributed by atoms with Crippen LogP contribution in [0.15, 0.2) is 47.0 Å². The quantitative estimate of drug-likeness (QED) is 0.327. The molecular weight excluding hydrogens is 383 g/mol. The molecular formula is C19H28BrFN4. The van der Waals surface area contributed by atoms with Crippen molar-refractivity contribution in [3.05, 3.63) is 42.6 Å². The van der Waals surface area contributed by atoms with E-state index in [9.17, 15) is 4.39 Å². The van der Waals surface area contributed by atoms with Crippen LogP contribution in [0.1, 0.15) is 52.4 Å². The zero-order chi connectivity index (χ0) is 17.2. The van der Waals surface area contributed by atoms with Gasteiger partial charge in [-0.3, -0.25) is 0 Å². The molecule has 0 bridgehead atoms. The first-order valence-electron chi connectivity index (χ1n) is 8.99. The number of rotatable bonds is 10. The van der Waals surface area contributed by atoms with E-state index >= 15 is 0 Å². The molecule has 2 aromatic rings. The lowest BCUT2D eigenvalue weighted by molar-refractivity contribution is -0.696. The summed E-state index contributed by atoms with van der Waals surface area (Å²) in [6.07, 6.45) is 11.4. The third-order valence-corrected chi connectivity index (χ3v) is 3.98. The fourth-order valence-electron chi connectivity index (χ4n) is 2.57. The van der Waals surface area contributed by atoms with Crippen molar-refractivity contribution in [1.29, 1.82) is 0 Å². The first-order valence-corrected chi connectivity index (χ1v) is 8.99. The topological polar surface area (TPSA) is 33.5 Å². The van der Waals surface area contributed by atoms with Crippen LogP contribution in [0.5, 0.6) is 0 Å². The second-order valence-electron chi connectivity index (χ2n) is 6.12. The third-order valence-electron chi connectivity index (χ3n) is 3.98. The lowest BCUT2D eigenvalue weighted by Gasteiger charge is -1.97. The lowest BCUT2D eigenvalue weighted by Crippen LogP contribution is -3.00. The number of benzene rings is 1. The van der Waals surface area contributed by atoms with E-state index in [4.69, 9.17) is 0 Å². The SMILES string of the molecule is CCCCCn1c[n+](CCCCC)cc1N=Nc1ccc(F)cc1.[Br-]. The van der Waals surface area contributed by atoms with Crippen LogP contribution in [0.2, 0.25) is 0 Å². The molecule has 0 N–H and O–H groups in total. The summed E-state index contributed by atoms with van der Waals surface area (Å²) in [5.74, 6) is 0.595. The number of hydrogen-bond donors (Lipinski definition) is 0. The standard InChI is InChI=1S/C19H28FN4.BrH/c1-3-5-7-13-23-15-19(24(16-23)14-8-6-4-2)22-21-18-11-9-17(20)10-12-18;/h9-12,15-16H,3-8,13-14H2,1-2H3;1H/q+1;/p-1. The molecule has 0 fully saturated rings. The zero-order valence-corrected chi connectivity index (χ0v) is 16.8. The van der Waals surface area contributed by atoms with Gasteiger partial charge in [0.15, 0.2) is 6.20 Å². The molecule has 0 aliphatic heterocycles. The Kier molecular flexibility index (Phi) is 10.2. The number of nitrogens with zero attached hydrogens (tertiary/aromatic N) is 4. The molecule has 0 amide bonds. The fraction of sp³-hybridized carbons (Fsp3) is 0.526. The number of azo groups is 1. The van der Waals surface area contributed by atoms with Crippen molar-refractivity contribution in [3.8, 4) is 0 Å². The maximum atomic E-state index is 13.0. The minimum absolute atomic E-state index is 0. The van der Waals surface area contributed by atoms with Gasteiger partial charge in [-0.1, -0.05) is 26.7 Å². The Labute approximate surface area is 160 Å². The largest absolute Gasteiger partial charge is 1.00 e. The summed E-state index contributed by atoms with van der Waals surface area (Å²) in [4.78, 5) is 0. The molecule has 1 aromatic heterocycles. The lowest BCUT2D eigenvalue weighted by atomic mass is 10.2. The van der Waals surface area contributed by atoms with Crippen LogP contribution in [0, 0.1) is 5.82 Å². The van der Waals surface area contributed by atoms with Gasteiger partial charge in [0.25, 0.3) is 5.82 Å². The minimum atomic E-state index is -0.259. The van der Waals surface area contributed by atoms with E-state index in [1.165, 1.54) is 44.2 Å². The van der Waals surface area contributed by atoms with E-state index in [2.05, 4.69) is 45.7 Å². The van der Waals surface area contributed by atoms with Crippen molar-refractivity contribution in [3.63, 3.8) is 0 Å². The molecule has 0 unspecified atom stereocenters. The first-order chi connectivity index (χ1) is 11.7. The van der Waals surface area contributed by atoms with Crippen LogP contribution < -0.4 is 21.5 Å². The van der Waals surface area contributed by atoms with Gasteiger partial charge in [0, 0.05) is 0 Å². The average molecular weight is 411 g/mol. The van der Waals surface area contributed by atoms with Crippen LogP contribution in [-0.4, -0.2) is 4.57 Å². The van der Waals surface area contributed by atoms with Gasteiger partial charge in [-0.15, -0.1) is 10.2 Å². The number of hydrogen-bond acceptors (Lipinski definition) is 2. The molecule has 0 saturated carbocycles. The highest BCUT2D eigenvalue weighted by Gasteiger charge is 2.12. The molecule has 1 heterocycles. The van der Waals surface area contributed by atoms with Crippen LogP contribution in [-0.2, 0) is 13.1 Å². The molecule has 0 saturated heterocycles. The van der Waals surface area contributed by atoms with E-state index in [0.29, 0.717) is 5.69 Å². The number of aromatic nitrogens is 2. The molecule has 2 rings (SSSR count). The van der Waals surface area contributed by atoms with Crippen molar-refractivity contribution >= 4 is 11.5 Å². The van der Waals surface area contributed by atoms with Gasteiger partial charge < -0.3 is 17.0 Å². The summed E-state index contributed by atoms with van der Waals surface area (Å²) < 4.78 is 17.3. The average Bonchev–Trinajstić information content (AvgIpc) is 2.97. The molecule has 0 aliphatic rings. The molecule has 0 atom stereocenters. The Morgan fingerprint density at radius 1 is 0.960 bits per heavy atom. The second-order valence-corrected chi connectivity index (χ2v) is 6.12. The van der Waals surface area contributed by atoms with E-state index in [1.54, 1.807) is 12.1 Å². The van der Waals surface area contributed by atoms with Gasteiger partial charge in [0.1, 0.15) is 5.82 Å². The van der Waals surface area contributed by atoms with Gasteiger partial charge >= 0.3 is 0 Å². The van der Waals surface area contributed by atoms with E-state index in [0.717, 1.165) is 25.3 Å². The van der Waals surface area contributed by atoms with Crippen LogP contribution >= 0.6 is 0 Å². The summed E-state index contributed by atoms with van der Waals surface area (Å²) in [7, 11) is 0. The predicted molar refractivity (Wildman–Crippen MR) is 94.3 cm³/mol. The van der Waals surface area contributed by atoms with Gasteiger partial charge in [0.2, 0.25) is 6.33 Å². The minimum Gasteiger partial charge on any atom is -1.00 e. The monoisotopic (exact) mass is 410 g/mol. The van der Waals surface area contributed by atoms with Gasteiger partial charge in [-0.2, -0.15) is 0 Å². The molecule has 0 spiro atoms. The van der Waals surface area contributed by atoms with Crippen molar-refractivity contribution in [2.24, 2.45) is 10.2 Å². The van der Waals surface area contributed by atoms with Crippen LogP contribution in [0.4, 0.5) is 15.9 Å². The smallest absolute Gasteiger partial charge is 0.279 e. The maximum Gasteiger partial charge on any atom is 0.279 e. The molecule has 0 radical (unpaired) electrons. The summed E-state index contributed by atoms with van der Waals surface area (Å²) >= 11 is 0. The van der Waals surface area contributed by atoms with E-state index in [1.807, 2.05) is 0 Å². The fourth-order valence-corrected chi connectivity index (χ4v) is 2.57. The molecule has 4 nitrogen and oxygen atoms in total. The van der Waals surface area contributed by atoms with Crippen LogP contribution in [0.25, 0.3) is 0 Å². The zero-order valence-electron chi connectivity index (χ0n) is 15.2. The normalized spacial score (nSPS) is 11.0. The number of halogens is 2. The maximum absolute atomic E-state index is 13.0. The number of aryl methyl sites for hydroxylation is 2. The molecule has 25 heavy (non-hydrogen) atoms. The Morgan fingerprint density at radius 2 is 1.64 bits per heavy atom. The number of imidazole rings is 1. The van der Waals surface area contributed by atoms with E-state index in [-0.39, 0.29) is 22.8 Å². The van der Waals surface area contributed by atoms with Crippen molar-refractivity contribution in [2.45, 2.75) is 65.5 Å². The molecule has 0 aliphatic carbocycles. The Morgan fingerprint density at radius 3 is 2.32 bits per heavy atom. The third kappa shape index (κ3) is 7.46. The van der Waals surface area contributed by atoms with Gasteiger partial charge in [0.05, 0.1) is 18.8 Å². The molecule has 138 valence electrons. The highest BCUT2D eigenvalue weighted by atomic mass is 79.9. The highest BCUT2D eigenvalue weighted by molar-refractivity contribution is 5.36. The second kappa shape index (κ2) is 11.9. The highest BCUT2D eigenvalue weighted by Crippen LogP contribution is 2.18. The Bertz CT molecular complexity index is 637. The molecule has 6 heteroatoms. The van der Waals surface area contributed by atoms with Crippen LogP contribution in [0.3, 0.4) is 0 Å². The van der Waals surface area contributed by atoms with E-state index < -0.39 is 0 Å². The first kappa shape index (κ1) is 21.5. The van der Waals surface area contributed by atoms with Crippen molar-refractivity contribution < 1.29 is 25.9 Å². The Balaban J connectivity index is 0.00000312. The van der Waals surface area contributed by atoms with Crippen molar-refractivity contribution in [2.75, 3.05) is 0 Å². The Hall–Kier alpha value is -1.56.